The quantitative estimate of drug-likeness (QED) is 0.0149. The third-order valence-corrected chi connectivity index (χ3v) is 14.4. The number of ether oxygens (including phenoxy) is 1. The van der Waals surface area contributed by atoms with E-state index in [-0.39, 0.29) is 50.7 Å². The first kappa shape index (κ1) is 74.2. The van der Waals surface area contributed by atoms with Crippen LogP contribution in [0.25, 0.3) is 0 Å². The van der Waals surface area contributed by atoms with Crippen LogP contribution in [0.3, 0.4) is 0 Å². The van der Waals surface area contributed by atoms with Crippen molar-refractivity contribution in [2.45, 2.75) is 168 Å². The smallest absolute Gasteiger partial charge is 0.328 e. The highest BCUT2D eigenvalue weighted by Gasteiger charge is 2.41. The molecule has 0 radical (unpaired) electrons. The number of rotatable bonds is 39. The maximum Gasteiger partial charge on any atom is 0.328 e. The summed E-state index contributed by atoms with van der Waals surface area (Å²) in [6.45, 7) is 11.2. The number of guanidine groups is 1. The van der Waals surface area contributed by atoms with Crippen LogP contribution < -0.4 is 54.8 Å². The van der Waals surface area contributed by atoms with Gasteiger partial charge in [-0.2, -0.15) is 0 Å². The van der Waals surface area contributed by atoms with E-state index in [4.69, 9.17) is 27.7 Å². The van der Waals surface area contributed by atoms with Crippen molar-refractivity contribution < 1.29 is 83.0 Å². The molecule has 0 unspecified atom stereocenters. The summed E-state index contributed by atoms with van der Waals surface area (Å²) in [5.41, 5.74) is 24.1. The van der Waals surface area contributed by atoms with Gasteiger partial charge >= 0.3 is 11.9 Å². The first-order valence-corrected chi connectivity index (χ1v) is 28.4. The number of primary amides is 1. The number of nitrogens with one attached hydrogen (secondary N) is 6. The van der Waals surface area contributed by atoms with Crippen molar-refractivity contribution in [1.82, 2.24) is 31.9 Å². The average molecular weight is 1210 g/mol. The second-order valence-corrected chi connectivity index (χ2v) is 22.2. The summed E-state index contributed by atoms with van der Waals surface area (Å²) >= 11 is 0. The SMILES string of the molecule is CC[C@H](C)[C@H](NC(=O)[C@@H](CCCN=C(N)N)CC(=O)[C@H](CC(C)C)NC(=O)[C@@H](NC(=O)[C@@H](CC(=O)OCc1ccccc1)[C@H](N)c1ccccc1)[C@H](O)C(C)C)C(=O)C[C@H](C(=O)N[C@H](C)C(=O)N[C@H](C(=O)N[C@@H](CO)C(=O)O)[C@H](O)C(N)=O)[C@H](C)O. The number of nitrogens with two attached hydrogens (primary N) is 4. The van der Waals surface area contributed by atoms with Crippen LogP contribution in [0, 0.1) is 35.5 Å². The Labute approximate surface area is 500 Å². The summed E-state index contributed by atoms with van der Waals surface area (Å²) in [5.74, 6) is -17.7. The molecular formula is C58H89N11O17. The number of nitrogens with zero attached hydrogens (tertiary/aromatic N) is 1. The van der Waals surface area contributed by atoms with Gasteiger partial charge in [0.15, 0.2) is 23.6 Å². The Balaban J connectivity index is 2.47. The maximum absolute atomic E-state index is 14.6. The molecule has 0 saturated heterocycles. The number of aliphatic hydroxyl groups excluding tert-OH is 4. The number of aliphatic imine (C=N–C) groups is 1. The molecular weight excluding hydrogens is 1120 g/mol. The minimum absolute atomic E-state index is 0.0141. The van der Waals surface area contributed by atoms with Gasteiger partial charge in [-0.1, -0.05) is 109 Å². The zero-order chi connectivity index (χ0) is 65.1. The first-order valence-electron chi connectivity index (χ1n) is 28.4. The third kappa shape index (κ3) is 24.6. The van der Waals surface area contributed by atoms with Gasteiger partial charge in [-0.05, 0) is 62.0 Å². The van der Waals surface area contributed by atoms with Crippen molar-refractivity contribution in [2.24, 2.45) is 63.4 Å². The lowest BCUT2D eigenvalue weighted by atomic mass is 9.86. The van der Waals surface area contributed by atoms with Gasteiger partial charge in [-0.3, -0.25) is 52.9 Å². The number of Topliss-reactive ketones (excluding diaryl/α,β-unsaturated/α-hetero) is 2. The molecule has 0 aliphatic carbocycles. The molecule has 28 nitrogen and oxygen atoms in total. The van der Waals surface area contributed by atoms with E-state index >= 15 is 0 Å². The maximum atomic E-state index is 14.6. The number of esters is 1. The van der Waals surface area contributed by atoms with Crippen LogP contribution in [-0.2, 0) is 64.1 Å². The fourth-order valence-corrected chi connectivity index (χ4v) is 8.91. The highest BCUT2D eigenvalue weighted by atomic mass is 16.5. The lowest BCUT2D eigenvalue weighted by molar-refractivity contribution is -0.149. The summed E-state index contributed by atoms with van der Waals surface area (Å²) in [7, 11) is 0. The summed E-state index contributed by atoms with van der Waals surface area (Å²) < 4.78 is 5.50. The van der Waals surface area contributed by atoms with Gasteiger partial charge in [0, 0.05) is 31.3 Å². The van der Waals surface area contributed by atoms with E-state index in [0.29, 0.717) is 11.1 Å². The van der Waals surface area contributed by atoms with Crippen molar-refractivity contribution >= 4 is 70.8 Å². The Hall–Kier alpha value is -7.92. The number of hydrogen-bond acceptors (Lipinski definition) is 18. The molecule has 0 spiro atoms. The van der Waals surface area contributed by atoms with Crippen molar-refractivity contribution in [1.29, 1.82) is 0 Å². The molecule has 478 valence electrons. The third-order valence-electron chi connectivity index (χ3n) is 14.4. The lowest BCUT2D eigenvalue weighted by Crippen LogP contribution is -2.62. The van der Waals surface area contributed by atoms with E-state index in [2.05, 4.69) is 26.3 Å². The zero-order valence-electron chi connectivity index (χ0n) is 50.0. The molecule has 2 aromatic rings. The minimum atomic E-state index is -2.42. The summed E-state index contributed by atoms with van der Waals surface area (Å²) in [6, 6.07) is 6.05. The van der Waals surface area contributed by atoms with Gasteiger partial charge in [-0.25, -0.2) is 4.79 Å². The highest BCUT2D eigenvalue weighted by Crippen LogP contribution is 2.26. The number of benzene rings is 2. The number of carbonyl (C=O) groups excluding carboxylic acids is 10. The Kier molecular flexibility index (Phi) is 31.8. The molecule has 0 aliphatic rings. The molecule has 0 bridgehead atoms. The predicted octanol–water partition coefficient (Wildman–Crippen LogP) is -2.02. The van der Waals surface area contributed by atoms with Gasteiger partial charge in [0.25, 0.3) is 0 Å². The molecule has 0 heterocycles. The summed E-state index contributed by atoms with van der Waals surface area (Å²) in [6.07, 6.45) is -6.93. The predicted molar refractivity (Wildman–Crippen MR) is 312 cm³/mol. The number of hydrogen-bond donors (Lipinski definition) is 15. The number of carbonyl (C=O) groups is 11. The van der Waals surface area contributed by atoms with Gasteiger partial charge in [0.05, 0.1) is 49.2 Å². The van der Waals surface area contributed by atoms with E-state index in [9.17, 15) is 78.3 Å². The van der Waals surface area contributed by atoms with Crippen LogP contribution in [0.5, 0.6) is 0 Å². The normalized spacial score (nSPS) is 16.2. The first-order chi connectivity index (χ1) is 40.3. The minimum Gasteiger partial charge on any atom is -0.480 e. The van der Waals surface area contributed by atoms with Crippen molar-refractivity contribution in [3.63, 3.8) is 0 Å². The number of amides is 7. The molecule has 19 N–H and O–H groups in total. The number of ketones is 2. The standard InChI is InChI=1S/C58H89N11O17/c1-9-31(6)45(42(73)25-37(33(8)71)53(80)64-32(7)51(78)68-47(49(76)50(60)77)56(83)66-40(27-70)57(84)85)67-52(79)36(21-16-22-63-58(61)62)24-41(72)39(23-29(2)3)65-55(82)46(48(75)30(4)5)69-54(81)38(44(59)35-19-14-11-15-20-35)26-43(74)86-28-34-17-12-10-13-18-34/h10-15,17-20,29-33,36-40,44-49,70-71,75-76H,9,16,21-28,59H2,1-8H3,(H2,60,77)(H,64,80)(H,65,82)(H,66,83)(H,67,79)(H,68,78)(H,69,81)(H,84,85)(H4,61,62,63)/t31-,32+,33-,36-,37-,38-,39-,40-,44+,45-,46-,47-,48+,49-/m0/s1. The van der Waals surface area contributed by atoms with Crippen LogP contribution >= 0.6 is 0 Å². The molecule has 2 aromatic carbocycles. The molecule has 0 aliphatic heterocycles. The Morgan fingerprint density at radius 3 is 1.69 bits per heavy atom. The van der Waals surface area contributed by atoms with Gasteiger partial charge in [0.2, 0.25) is 41.4 Å². The Morgan fingerprint density at radius 1 is 0.616 bits per heavy atom. The zero-order valence-corrected chi connectivity index (χ0v) is 50.0. The number of aliphatic hydroxyl groups is 4. The topological polar surface area (TPSA) is 487 Å². The molecule has 2 rings (SSSR count). The highest BCUT2D eigenvalue weighted by molar-refractivity contribution is 5.99. The van der Waals surface area contributed by atoms with Crippen molar-refractivity contribution in [3.8, 4) is 0 Å². The number of carboxylic acid groups (broad SMARTS) is 1. The van der Waals surface area contributed by atoms with E-state index in [1.54, 1.807) is 102 Å². The largest absolute Gasteiger partial charge is 0.480 e. The van der Waals surface area contributed by atoms with Gasteiger partial charge in [0.1, 0.15) is 30.8 Å². The van der Waals surface area contributed by atoms with E-state index < -0.39 is 181 Å². The molecule has 28 heteroatoms. The molecule has 0 fully saturated rings. The van der Waals surface area contributed by atoms with Crippen LogP contribution in [0.15, 0.2) is 65.7 Å². The Bertz CT molecular complexity index is 2620. The van der Waals surface area contributed by atoms with Crippen LogP contribution in [0.1, 0.15) is 118 Å². The van der Waals surface area contributed by atoms with E-state index in [1.807, 2.05) is 10.6 Å². The van der Waals surface area contributed by atoms with Crippen LogP contribution in [0.2, 0.25) is 0 Å². The summed E-state index contributed by atoms with van der Waals surface area (Å²) in [4.78, 5) is 153. The molecule has 14 atom stereocenters. The fourth-order valence-electron chi connectivity index (χ4n) is 8.91. The number of aliphatic carboxylic acids is 1. The van der Waals surface area contributed by atoms with E-state index in [1.165, 1.54) is 6.92 Å². The van der Waals surface area contributed by atoms with Gasteiger partial charge < -0.3 is 85.1 Å². The molecule has 0 saturated carbocycles. The summed E-state index contributed by atoms with van der Waals surface area (Å²) in [5, 5.41) is 65.3. The Morgan fingerprint density at radius 2 is 1.16 bits per heavy atom. The fraction of sp³-hybridized carbons (Fsp3) is 0.586. The lowest BCUT2D eigenvalue weighted by Gasteiger charge is -2.31. The molecule has 7 amide bonds. The monoisotopic (exact) mass is 1210 g/mol. The van der Waals surface area contributed by atoms with Crippen LogP contribution in [-0.4, -0.2) is 164 Å². The number of carboxylic acids is 1. The molecule has 86 heavy (non-hydrogen) atoms. The van der Waals surface area contributed by atoms with Crippen LogP contribution in [0.4, 0.5) is 0 Å². The second kappa shape index (κ2) is 36.8. The van der Waals surface area contributed by atoms with Crippen molar-refractivity contribution in [2.75, 3.05) is 13.2 Å². The average Bonchev–Trinajstić information content (AvgIpc) is 3.59. The van der Waals surface area contributed by atoms with Gasteiger partial charge in [-0.15, -0.1) is 0 Å². The van der Waals surface area contributed by atoms with E-state index in [0.717, 1.165) is 6.92 Å². The van der Waals surface area contributed by atoms with Crippen molar-refractivity contribution in [3.05, 3.63) is 71.8 Å². The molecule has 0 aromatic heterocycles. The second-order valence-electron chi connectivity index (χ2n) is 22.2.